The number of fused-ring (bicyclic) bond motifs is 7. The van der Waals surface area contributed by atoms with Gasteiger partial charge in [-0.05, 0) is 67.8 Å². The van der Waals surface area contributed by atoms with Crippen LogP contribution in [0.15, 0.2) is 11.6 Å². The summed E-state index contributed by atoms with van der Waals surface area (Å²) in [4.78, 5) is 31.4. The summed E-state index contributed by atoms with van der Waals surface area (Å²) in [5, 5.41) is 13.0. The van der Waals surface area contributed by atoms with E-state index in [0.29, 0.717) is 35.1 Å². The highest BCUT2D eigenvalue weighted by Gasteiger charge is 2.58. The van der Waals surface area contributed by atoms with Crippen LogP contribution in [0.25, 0.3) is 0 Å². The fourth-order valence-corrected chi connectivity index (χ4v) is 9.63. The number of hydrogen-bond donors (Lipinski definition) is 3. The van der Waals surface area contributed by atoms with Gasteiger partial charge in [-0.15, -0.1) is 22.7 Å². The number of hydrogen-bond acceptors (Lipinski definition) is 8. The summed E-state index contributed by atoms with van der Waals surface area (Å²) in [6.45, 7) is 4.77. The summed E-state index contributed by atoms with van der Waals surface area (Å²) in [7, 11) is 0. The number of amides is 1. The van der Waals surface area contributed by atoms with Gasteiger partial charge in [-0.3, -0.25) is 14.9 Å². The van der Waals surface area contributed by atoms with E-state index in [1.165, 1.54) is 10.5 Å². The highest BCUT2D eigenvalue weighted by atomic mass is 32.1. The van der Waals surface area contributed by atoms with E-state index in [9.17, 15) is 14.9 Å². The summed E-state index contributed by atoms with van der Waals surface area (Å²) in [5.74, 6) is 1.76. The number of rotatable bonds is 2. The van der Waals surface area contributed by atoms with Gasteiger partial charge in [0.15, 0.2) is 10.9 Å². The van der Waals surface area contributed by atoms with Crippen molar-refractivity contribution in [3.8, 4) is 6.07 Å². The monoisotopic (exact) mass is 507 g/mol. The second-order valence-electron chi connectivity index (χ2n) is 11.1. The molecule has 0 bridgehead atoms. The van der Waals surface area contributed by atoms with Gasteiger partial charge < -0.3 is 11.5 Å². The molecule has 5 atom stereocenters. The third-order valence-corrected chi connectivity index (χ3v) is 11.5. The number of thiophene rings is 1. The van der Waals surface area contributed by atoms with Crippen LogP contribution in [0, 0.1) is 34.5 Å². The first-order chi connectivity index (χ1) is 16.7. The molecule has 2 aromatic rings. The van der Waals surface area contributed by atoms with Crippen LogP contribution in [-0.2, 0) is 16.6 Å². The standard InChI is InChI=1S/C26H29N5O2S2/c1-25-7-5-13(32)9-12(25)3-4-14-16(25)6-8-26(2)17(14)10-18-21(26)30-24(34-18)31-23(33)20-19(28)15(11-27)22(29)35-20/h9,14,16-17H,3-8,10,28-29H2,1-2H3,(H,30,31,33)/t14-,16+,17+,25+,26+/m1/s1. The largest absolute Gasteiger partial charge is 0.396 e. The lowest BCUT2D eigenvalue weighted by Crippen LogP contribution is -2.51. The fraction of sp³-hybridized carbons (Fsp3) is 0.538. The maximum atomic E-state index is 12.9. The highest BCUT2D eigenvalue weighted by molar-refractivity contribution is 7.19. The molecule has 6 rings (SSSR count). The number of nitrogens with one attached hydrogen (secondary N) is 1. The number of anilines is 3. The van der Waals surface area contributed by atoms with E-state index in [1.807, 2.05) is 12.1 Å². The molecular weight excluding hydrogens is 478 g/mol. The Morgan fingerprint density at radius 3 is 2.71 bits per heavy atom. The first-order valence-electron chi connectivity index (χ1n) is 12.3. The quantitative estimate of drug-likeness (QED) is 0.521. The summed E-state index contributed by atoms with van der Waals surface area (Å²) in [6, 6.07) is 1.96. The minimum Gasteiger partial charge on any atom is -0.396 e. The van der Waals surface area contributed by atoms with E-state index >= 15 is 0 Å². The normalized spacial score (nSPS) is 33.1. The fourth-order valence-electron chi connectivity index (χ4n) is 7.64. The lowest BCUT2D eigenvalue weighted by atomic mass is 9.47. The number of aromatic nitrogens is 1. The number of carbonyl (C=O) groups excluding carboxylic acids is 2. The van der Waals surface area contributed by atoms with E-state index in [0.717, 1.165) is 55.6 Å². The maximum Gasteiger partial charge on any atom is 0.269 e. The first-order valence-corrected chi connectivity index (χ1v) is 13.9. The summed E-state index contributed by atoms with van der Waals surface area (Å²) in [6.07, 6.45) is 9.05. The molecule has 2 aromatic heterocycles. The van der Waals surface area contributed by atoms with Crippen molar-refractivity contribution in [2.45, 2.75) is 64.2 Å². The average Bonchev–Trinajstić information content (AvgIpc) is 3.43. The smallest absolute Gasteiger partial charge is 0.269 e. The predicted octanol–water partition coefficient (Wildman–Crippen LogP) is 5.04. The second-order valence-corrected chi connectivity index (χ2v) is 13.2. The Morgan fingerprint density at radius 1 is 1.17 bits per heavy atom. The zero-order chi connectivity index (χ0) is 24.7. The SMILES string of the molecule is C[C@]12CCC(=O)C=C1CC[C@@H]1[C@@H]2CC[C@]2(C)c3nc(NC(=O)c4sc(N)c(C#N)c4N)sc3C[C@@H]12. The molecule has 0 unspecified atom stereocenters. The molecule has 2 fully saturated rings. The Labute approximate surface area is 212 Å². The average molecular weight is 508 g/mol. The highest BCUT2D eigenvalue weighted by Crippen LogP contribution is 2.65. The van der Waals surface area contributed by atoms with Crippen LogP contribution in [0.5, 0.6) is 0 Å². The molecule has 2 saturated carbocycles. The molecule has 0 aliphatic heterocycles. The van der Waals surface area contributed by atoms with Gasteiger partial charge in [0.05, 0.1) is 11.4 Å². The summed E-state index contributed by atoms with van der Waals surface area (Å²) < 4.78 is 0. The van der Waals surface area contributed by atoms with Crippen molar-refractivity contribution < 1.29 is 9.59 Å². The molecule has 35 heavy (non-hydrogen) atoms. The molecule has 0 radical (unpaired) electrons. The molecule has 1 amide bonds. The number of thiazole rings is 1. The zero-order valence-electron chi connectivity index (χ0n) is 19.9. The van der Waals surface area contributed by atoms with E-state index < -0.39 is 0 Å². The number of nitriles is 1. The predicted molar refractivity (Wildman–Crippen MR) is 138 cm³/mol. The van der Waals surface area contributed by atoms with Gasteiger partial charge in [-0.1, -0.05) is 19.4 Å². The number of carbonyl (C=O) groups is 2. The number of allylic oxidation sites excluding steroid dienone is 2. The Hall–Kier alpha value is -2.70. The summed E-state index contributed by atoms with van der Waals surface area (Å²) >= 11 is 2.59. The molecule has 4 aliphatic rings. The molecule has 0 spiro atoms. The van der Waals surface area contributed by atoms with Crippen LogP contribution < -0.4 is 16.8 Å². The van der Waals surface area contributed by atoms with E-state index in [2.05, 4.69) is 19.2 Å². The first kappa shape index (κ1) is 22.7. The van der Waals surface area contributed by atoms with Crippen molar-refractivity contribution in [2.75, 3.05) is 16.8 Å². The third-order valence-electron chi connectivity index (χ3n) is 9.51. The number of ketones is 1. The minimum absolute atomic E-state index is 0.0123. The molecule has 2 heterocycles. The van der Waals surface area contributed by atoms with Gasteiger partial charge in [-0.25, -0.2) is 4.98 Å². The molecular formula is C26H29N5O2S2. The number of nitrogens with two attached hydrogens (primary N) is 2. The van der Waals surface area contributed by atoms with Gasteiger partial charge in [-0.2, -0.15) is 5.26 Å². The van der Waals surface area contributed by atoms with Crippen molar-refractivity contribution in [3.63, 3.8) is 0 Å². The van der Waals surface area contributed by atoms with Crippen LogP contribution in [0.1, 0.15) is 78.2 Å². The van der Waals surface area contributed by atoms with Gasteiger partial charge >= 0.3 is 0 Å². The van der Waals surface area contributed by atoms with E-state index in [4.69, 9.17) is 16.5 Å². The lowest BCUT2D eigenvalue weighted by molar-refractivity contribution is -0.117. The summed E-state index contributed by atoms with van der Waals surface area (Å²) in [5.41, 5.74) is 14.8. The molecule has 7 nitrogen and oxygen atoms in total. The van der Waals surface area contributed by atoms with Gasteiger partial charge in [0.2, 0.25) is 0 Å². The van der Waals surface area contributed by atoms with Crippen LogP contribution >= 0.6 is 22.7 Å². The van der Waals surface area contributed by atoms with Gasteiger partial charge in [0.25, 0.3) is 5.91 Å². The molecule has 5 N–H and O–H groups in total. The zero-order valence-corrected chi connectivity index (χ0v) is 21.6. The van der Waals surface area contributed by atoms with Crippen molar-refractivity contribution in [1.29, 1.82) is 5.26 Å². The molecule has 9 heteroatoms. The Bertz CT molecular complexity index is 1350. The number of nitrogens with zero attached hydrogens (tertiary/aromatic N) is 2. The van der Waals surface area contributed by atoms with Gasteiger partial charge in [0.1, 0.15) is 21.5 Å². The third kappa shape index (κ3) is 3.15. The minimum atomic E-state index is -0.370. The Balaban J connectivity index is 1.25. The molecule has 0 saturated heterocycles. The lowest BCUT2D eigenvalue weighted by Gasteiger charge is -2.57. The van der Waals surface area contributed by atoms with Gasteiger partial charge in [0, 0.05) is 16.7 Å². The van der Waals surface area contributed by atoms with E-state index in [1.54, 1.807) is 11.3 Å². The Kier molecular flexibility index (Phi) is 4.97. The van der Waals surface area contributed by atoms with Crippen molar-refractivity contribution >= 4 is 50.2 Å². The van der Waals surface area contributed by atoms with Crippen LogP contribution in [0.2, 0.25) is 0 Å². The second kappa shape index (κ2) is 7.65. The van der Waals surface area contributed by atoms with Crippen molar-refractivity contribution in [3.05, 3.63) is 32.7 Å². The molecule has 4 aliphatic carbocycles. The number of nitrogen functional groups attached to an aromatic ring is 2. The Morgan fingerprint density at radius 2 is 1.97 bits per heavy atom. The van der Waals surface area contributed by atoms with Crippen molar-refractivity contribution in [2.24, 2.45) is 23.2 Å². The van der Waals surface area contributed by atoms with E-state index in [-0.39, 0.29) is 37.9 Å². The van der Waals surface area contributed by atoms with Crippen LogP contribution in [-0.4, -0.2) is 16.7 Å². The van der Waals surface area contributed by atoms with Crippen LogP contribution in [0.4, 0.5) is 15.8 Å². The molecule has 182 valence electrons. The van der Waals surface area contributed by atoms with Crippen molar-refractivity contribution in [1.82, 2.24) is 4.98 Å². The van der Waals surface area contributed by atoms with Crippen LogP contribution in [0.3, 0.4) is 0 Å². The maximum absolute atomic E-state index is 12.9. The molecule has 0 aromatic carbocycles. The topological polar surface area (TPSA) is 135 Å².